The van der Waals surface area contributed by atoms with Crippen LogP contribution in [0, 0.1) is 6.92 Å². The summed E-state index contributed by atoms with van der Waals surface area (Å²) in [6.45, 7) is 0.396. The summed E-state index contributed by atoms with van der Waals surface area (Å²) in [6, 6.07) is 4.16. The molecular formula is C20H19N5O18P4-4. The summed E-state index contributed by atoms with van der Waals surface area (Å²) in [6.07, 6.45) is -3.05. The Bertz CT molecular complexity index is 2170. The molecular weight excluding hydrogens is 722 g/mol. The molecule has 23 nitrogen and oxygen atoms in total. The van der Waals surface area contributed by atoms with Gasteiger partial charge in [0.05, 0.1) is 19.0 Å². The Labute approximate surface area is 259 Å². The molecule has 4 heterocycles. The highest BCUT2D eigenvalue weighted by Crippen LogP contribution is 2.66. The number of aliphatic hydroxyl groups is 1. The highest BCUT2D eigenvalue weighted by molar-refractivity contribution is 7.68. The summed E-state index contributed by atoms with van der Waals surface area (Å²) >= 11 is 0. The van der Waals surface area contributed by atoms with Crippen LogP contribution in [0.1, 0.15) is 18.2 Å². The Morgan fingerprint density at radius 3 is 2.40 bits per heavy atom. The van der Waals surface area contributed by atoms with Crippen LogP contribution in [0.25, 0.3) is 22.1 Å². The molecule has 6 unspecified atom stereocenters. The third kappa shape index (κ3) is 8.50. The molecule has 256 valence electrons. The molecule has 0 amide bonds. The molecule has 1 aliphatic heterocycles. The minimum atomic E-state index is -6.49. The number of aliphatic hydroxyl groups excluding tert-OH is 1. The third-order valence-corrected chi connectivity index (χ3v) is 11.8. The Morgan fingerprint density at radius 2 is 1.70 bits per heavy atom. The van der Waals surface area contributed by atoms with Crippen molar-refractivity contribution in [2.45, 2.75) is 31.8 Å². The summed E-state index contributed by atoms with van der Waals surface area (Å²) in [7, 11) is -25.0. The highest BCUT2D eigenvalue weighted by atomic mass is 31.3. The summed E-state index contributed by atoms with van der Waals surface area (Å²) in [5.41, 5.74) is 4.35. The van der Waals surface area contributed by atoms with Crippen molar-refractivity contribution < 1.29 is 74.1 Å². The lowest BCUT2D eigenvalue weighted by Gasteiger charge is -2.36. The van der Waals surface area contributed by atoms with Gasteiger partial charge in [0.15, 0.2) is 11.2 Å². The van der Waals surface area contributed by atoms with E-state index in [2.05, 4.69) is 36.9 Å². The number of benzene rings is 1. The predicted molar refractivity (Wildman–Crippen MR) is 145 cm³/mol. The average molecular weight is 741 g/mol. The van der Waals surface area contributed by atoms with Crippen molar-refractivity contribution >= 4 is 59.4 Å². The van der Waals surface area contributed by atoms with Crippen molar-refractivity contribution in [3.05, 3.63) is 56.9 Å². The minimum Gasteiger partial charge on any atom is -0.756 e. The number of anilines is 1. The van der Waals surface area contributed by atoms with Gasteiger partial charge in [-0.25, -0.2) is 22.7 Å². The Hall–Kier alpha value is -3.10. The van der Waals surface area contributed by atoms with E-state index in [0.29, 0.717) is 5.56 Å². The summed E-state index contributed by atoms with van der Waals surface area (Å²) in [5, 5.41) is 10.5. The standard InChI is InChI=1S/C20H23N5O18P4/c1-9-4-16(27)39-13-3-2-10(5-11(9)13)40-45(31,32)42-47(35,36)43-46(33,34)41-44(29,30)37-7-14-12(26)6-15(38-14)25-8-22-17-18(25)23-20(21)24-19(17)28/h2-5,8,12,14-15,26H,6-7H2,1H3,(H,29,30)(H,31,32)(H,33,34)(H,35,36)(H3,21,23,24,28)/p-4/t12?,14-,15?/m1/s1. The van der Waals surface area contributed by atoms with Gasteiger partial charge in [0, 0.05) is 17.9 Å². The molecule has 0 radical (unpaired) electrons. The Balaban J connectivity index is 1.18. The van der Waals surface area contributed by atoms with Crippen LogP contribution < -0.4 is 41.0 Å². The number of imidazole rings is 1. The second-order valence-electron chi connectivity index (χ2n) is 9.53. The number of ether oxygens (including phenoxy) is 1. The predicted octanol–water partition coefficient (Wildman–Crippen LogP) is -1.22. The maximum absolute atomic E-state index is 12.2. The zero-order valence-electron chi connectivity index (χ0n) is 23.1. The zero-order valence-corrected chi connectivity index (χ0v) is 26.7. The molecule has 0 spiro atoms. The van der Waals surface area contributed by atoms with Crippen LogP contribution in [0.15, 0.2) is 44.6 Å². The molecule has 3 aromatic heterocycles. The third-order valence-electron chi connectivity index (χ3n) is 6.10. The maximum Gasteiger partial charge on any atom is 0.336 e. The van der Waals surface area contributed by atoms with E-state index in [1.54, 1.807) is 0 Å². The molecule has 1 fully saturated rings. The van der Waals surface area contributed by atoms with Gasteiger partial charge >= 0.3 is 13.4 Å². The van der Waals surface area contributed by atoms with Gasteiger partial charge in [0.2, 0.25) is 5.95 Å². The number of rotatable bonds is 12. The minimum absolute atomic E-state index is 0.0249. The van der Waals surface area contributed by atoms with E-state index in [9.17, 15) is 52.5 Å². The summed E-state index contributed by atoms with van der Waals surface area (Å²) in [5.74, 6) is -0.812. The molecule has 7 atom stereocenters. The fraction of sp³-hybridized carbons (Fsp3) is 0.300. The smallest absolute Gasteiger partial charge is 0.336 e. The van der Waals surface area contributed by atoms with Crippen LogP contribution in [-0.4, -0.2) is 43.4 Å². The number of aromatic amines is 1. The van der Waals surface area contributed by atoms with E-state index >= 15 is 0 Å². The molecule has 4 N–H and O–H groups in total. The molecule has 27 heteroatoms. The summed E-state index contributed by atoms with van der Waals surface area (Å²) < 4.78 is 79.8. The molecule has 4 aromatic rings. The van der Waals surface area contributed by atoms with Gasteiger partial charge in [-0.2, -0.15) is 4.98 Å². The quantitative estimate of drug-likeness (QED) is 0.113. The number of fused-ring (bicyclic) bond motifs is 2. The lowest BCUT2D eigenvalue weighted by atomic mass is 10.1. The number of hydrogen-bond acceptors (Lipinski definition) is 21. The van der Waals surface area contributed by atoms with Crippen LogP contribution in [0.2, 0.25) is 0 Å². The van der Waals surface area contributed by atoms with Gasteiger partial charge in [0.25, 0.3) is 29.0 Å². The first kappa shape index (κ1) is 35.2. The molecule has 0 aliphatic carbocycles. The van der Waals surface area contributed by atoms with Gasteiger partial charge in [-0.1, -0.05) is 0 Å². The number of phosphoric acid groups is 4. The lowest BCUT2D eigenvalue weighted by Crippen LogP contribution is -2.27. The Kier molecular flexibility index (Phi) is 9.54. The number of phosphoric ester groups is 2. The maximum atomic E-state index is 12.2. The topological polar surface area (TPSA) is 356 Å². The molecule has 1 saturated heterocycles. The van der Waals surface area contributed by atoms with Gasteiger partial charge in [-0.3, -0.25) is 32.6 Å². The van der Waals surface area contributed by atoms with E-state index in [1.165, 1.54) is 11.5 Å². The number of aromatic nitrogens is 4. The number of aryl methyl sites for hydroxylation is 1. The van der Waals surface area contributed by atoms with Crippen LogP contribution in [0.4, 0.5) is 5.95 Å². The van der Waals surface area contributed by atoms with Crippen LogP contribution in [0.5, 0.6) is 5.75 Å². The van der Waals surface area contributed by atoms with Gasteiger partial charge in [0.1, 0.15) is 23.7 Å². The fourth-order valence-electron chi connectivity index (χ4n) is 4.28. The van der Waals surface area contributed by atoms with Crippen molar-refractivity contribution in [3.63, 3.8) is 0 Å². The van der Waals surface area contributed by atoms with Gasteiger partial charge in [-0.15, -0.1) is 0 Å². The van der Waals surface area contributed by atoms with Crippen LogP contribution >= 0.6 is 31.3 Å². The van der Waals surface area contributed by atoms with Crippen LogP contribution in [0.3, 0.4) is 0 Å². The number of nitrogens with two attached hydrogens (primary N) is 1. The molecule has 1 aliphatic rings. The van der Waals surface area contributed by atoms with E-state index in [0.717, 1.165) is 30.6 Å². The van der Waals surface area contributed by atoms with E-state index in [-0.39, 0.29) is 34.5 Å². The number of H-pyrrole nitrogens is 1. The van der Waals surface area contributed by atoms with E-state index in [1.807, 2.05) is 0 Å². The lowest BCUT2D eigenvalue weighted by molar-refractivity contribution is -0.253. The number of nitrogen functional groups attached to an aromatic ring is 1. The first-order chi connectivity index (χ1) is 21.7. The first-order valence-electron chi connectivity index (χ1n) is 12.5. The number of nitrogens with zero attached hydrogens (tertiary/aromatic N) is 3. The molecule has 47 heavy (non-hydrogen) atoms. The highest BCUT2D eigenvalue weighted by Gasteiger charge is 2.38. The van der Waals surface area contributed by atoms with Gasteiger partial charge in [-0.05, 0) is 30.7 Å². The molecule has 0 saturated carbocycles. The summed E-state index contributed by atoms with van der Waals surface area (Å²) in [4.78, 5) is 81.9. The zero-order chi connectivity index (χ0) is 34.5. The van der Waals surface area contributed by atoms with E-state index in [4.69, 9.17) is 14.9 Å². The SMILES string of the molecule is Cc1cc(=O)oc2ccc(OP(=O)([O-])OP(=O)([O-])OP(=O)([O-])OP(=O)([O-])OC[C@H]3OC(n4cnc5c(=O)[nH]c(N)nc54)CC3O)cc12. The van der Waals surface area contributed by atoms with Crippen molar-refractivity contribution in [2.75, 3.05) is 12.3 Å². The number of hydrogen-bond donors (Lipinski definition) is 3. The molecule has 0 bridgehead atoms. The van der Waals surface area contributed by atoms with Crippen molar-refractivity contribution in [1.29, 1.82) is 0 Å². The second kappa shape index (κ2) is 12.7. The monoisotopic (exact) mass is 741 g/mol. The van der Waals surface area contributed by atoms with Crippen molar-refractivity contribution in [3.8, 4) is 5.75 Å². The molecule has 5 rings (SSSR count). The fourth-order valence-corrected chi connectivity index (χ4v) is 9.01. The second-order valence-corrected chi connectivity index (χ2v) is 15.5. The normalized spacial score (nSPS) is 23.6. The van der Waals surface area contributed by atoms with Crippen LogP contribution in [-0.2, 0) is 40.5 Å². The number of nitrogens with one attached hydrogen (secondary N) is 1. The van der Waals surface area contributed by atoms with Crippen molar-refractivity contribution in [1.82, 2.24) is 19.5 Å². The largest absolute Gasteiger partial charge is 0.756 e. The average Bonchev–Trinajstić information content (AvgIpc) is 3.48. The van der Waals surface area contributed by atoms with E-state index < -0.39 is 73.3 Å². The van der Waals surface area contributed by atoms with Gasteiger partial charge < -0.3 is 48.6 Å². The molecule has 1 aromatic carbocycles. The Morgan fingerprint density at radius 1 is 1.04 bits per heavy atom. The first-order valence-corrected chi connectivity index (χ1v) is 18.4. The van der Waals surface area contributed by atoms with Crippen molar-refractivity contribution in [2.24, 2.45) is 0 Å².